The van der Waals surface area contributed by atoms with Gasteiger partial charge in [0.2, 0.25) is 5.91 Å². The number of thioether (sulfide) groups is 3. The molecule has 16 heteroatoms. The average Bonchev–Trinajstić information content (AvgIpc) is 2.89. The smallest absolute Gasteiger partial charge is 0.352 e. The van der Waals surface area contributed by atoms with E-state index in [1.165, 1.54) is 40.2 Å². The molecule has 0 aliphatic carbocycles. The van der Waals surface area contributed by atoms with Crippen LogP contribution in [0, 0.1) is 13.8 Å². The fourth-order valence-electron chi connectivity index (χ4n) is 4.44. The molecule has 1 saturated heterocycles. The Bertz CT molecular complexity index is 1530. The number of aryl methyl sites for hydroxylation is 2. The molecule has 2 atom stereocenters. The van der Waals surface area contributed by atoms with Crippen molar-refractivity contribution in [1.29, 1.82) is 0 Å². The van der Waals surface area contributed by atoms with Crippen molar-refractivity contribution in [2.24, 2.45) is 0 Å². The molecule has 2 aliphatic rings. The number of hydrogen-bond acceptors (Lipinski definition) is 8. The minimum absolute atomic E-state index is 0.0104. The number of amides is 2. The van der Waals surface area contributed by atoms with Crippen LogP contribution in [-0.2, 0) is 31.0 Å². The van der Waals surface area contributed by atoms with Crippen molar-refractivity contribution < 1.29 is 37.0 Å². The first-order valence-corrected chi connectivity index (χ1v) is 17.5. The molecule has 220 valence electrons. The lowest BCUT2D eigenvalue weighted by Gasteiger charge is -2.49. The molecule has 1 aromatic carbocycles. The summed E-state index contributed by atoms with van der Waals surface area (Å²) in [6, 6.07) is 7.81. The van der Waals surface area contributed by atoms with Crippen LogP contribution < -0.4 is 9.88 Å². The number of carboxylic acids is 1. The van der Waals surface area contributed by atoms with Gasteiger partial charge in [0.05, 0.1) is 10.8 Å². The molecule has 41 heavy (non-hydrogen) atoms. The zero-order valence-electron chi connectivity index (χ0n) is 21.8. The normalized spacial score (nSPS) is 18.7. The molecule has 4 rings (SSSR count). The maximum atomic E-state index is 13.0. The summed E-state index contributed by atoms with van der Waals surface area (Å²) in [6.07, 6.45) is 0. The second-order valence-electron chi connectivity index (χ2n) is 9.28. The molecule has 10 nitrogen and oxygen atoms in total. The summed E-state index contributed by atoms with van der Waals surface area (Å²) < 4.78 is 33.1. The standard InChI is InChI=1S/C25H25Cl2N3O7S4/c1-13-7-17(8-14(2)29(13)5-6-41(35,36)37)38-10-15-11-40-24-21(23(32)30(24)22(15)25(33)34)28-20(31)12-39-19-9-16(26)3-4-18(19)27/h3-4,7-9,21,24H,5-6,10-12H2,1-2H3,(H2-,28,31,33,34,35,36,37)/p+1/t21-,24+/m0/s1. The zero-order chi connectivity index (χ0) is 30.1. The Hall–Kier alpha value is -1.94. The van der Waals surface area contributed by atoms with Crippen molar-refractivity contribution in [2.75, 3.05) is 23.0 Å². The van der Waals surface area contributed by atoms with Gasteiger partial charge in [-0.25, -0.2) is 4.79 Å². The number of carbonyl (C=O) groups is 3. The molecule has 1 fully saturated rings. The van der Waals surface area contributed by atoms with Crippen molar-refractivity contribution in [1.82, 2.24) is 10.2 Å². The van der Waals surface area contributed by atoms with Crippen molar-refractivity contribution in [2.45, 2.75) is 41.6 Å². The van der Waals surface area contributed by atoms with Crippen molar-refractivity contribution in [3.8, 4) is 0 Å². The summed E-state index contributed by atoms with van der Waals surface area (Å²) in [5.41, 5.74) is 2.10. The van der Waals surface area contributed by atoms with E-state index in [0.717, 1.165) is 16.3 Å². The summed E-state index contributed by atoms with van der Waals surface area (Å²) >= 11 is 16.1. The number of rotatable bonds is 11. The molecule has 0 bridgehead atoms. The fraction of sp³-hybridized carbons (Fsp3) is 0.360. The Balaban J connectivity index is 1.40. The van der Waals surface area contributed by atoms with E-state index >= 15 is 0 Å². The van der Waals surface area contributed by atoms with E-state index in [1.807, 2.05) is 26.0 Å². The van der Waals surface area contributed by atoms with Gasteiger partial charge < -0.3 is 10.4 Å². The number of hydrogen-bond donors (Lipinski definition) is 3. The summed E-state index contributed by atoms with van der Waals surface area (Å²) in [5, 5.41) is 13.1. The quantitative estimate of drug-likeness (QED) is 0.140. The van der Waals surface area contributed by atoms with Crippen LogP contribution in [0.25, 0.3) is 0 Å². The lowest BCUT2D eigenvalue weighted by Crippen LogP contribution is -2.70. The van der Waals surface area contributed by atoms with Gasteiger partial charge in [-0.3, -0.25) is 19.0 Å². The predicted molar refractivity (Wildman–Crippen MR) is 160 cm³/mol. The number of β-lactam (4-membered cyclic amide) rings is 1. The summed E-state index contributed by atoms with van der Waals surface area (Å²) in [5.74, 6) is -1.76. The summed E-state index contributed by atoms with van der Waals surface area (Å²) in [4.78, 5) is 40.5. The van der Waals surface area contributed by atoms with E-state index < -0.39 is 39.2 Å². The molecular formula is C25H26Cl2N3O7S4+. The van der Waals surface area contributed by atoms with Crippen LogP contribution in [0.1, 0.15) is 11.4 Å². The average molecular weight is 680 g/mol. The van der Waals surface area contributed by atoms with Crippen molar-refractivity contribution in [3.05, 3.63) is 63.0 Å². The van der Waals surface area contributed by atoms with E-state index in [4.69, 9.17) is 27.8 Å². The number of aliphatic carboxylic acids is 1. The Morgan fingerprint density at radius 2 is 1.85 bits per heavy atom. The number of pyridine rings is 1. The van der Waals surface area contributed by atoms with Gasteiger partial charge in [0.25, 0.3) is 16.0 Å². The number of aromatic nitrogens is 1. The fourth-order valence-corrected chi connectivity index (χ4v) is 8.72. The van der Waals surface area contributed by atoms with Crippen LogP contribution >= 0.6 is 58.5 Å². The maximum absolute atomic E-state index is 13.0. The highest BCUT2D eigenvalue weighted by Crippen LogP contribution is 2.42. The molecular weight excluding hydrogens is 653 g/mol. The summed E-state index contributed by atoms with van der Waals surface area (Å²) in [6.45, 7) is 3.74. The van der Waals surface area contributed by atoms with Gasteiger partial charge in [-0.2, -0.15) is 13.0 Å². The van der Waals surface area contributed by atoms with Gasteiger partial charge >= 0.3 is 5.97 Å². The number of carboxylic acid groups (broad SMARTS) is 1. The number of benzene rings is 1. The minimum Gasteiger partial charge on any atom is -0.477 e. The first-order valence-electron chi connectivity index (χ1n) is 12.1. The molecule has 2 aromatic rings. The molecule has 0 unspecified atom stereocenters. The zero-order valence-corrected chi connectivity index (χ0v) is 26.6. The molecule has 1 aromatic heterocycles. The third-order valence-electron chi connectivity index (χ3n) is 6.36. The van der Waals surface area contributed by atoms with Crippen LogP contribution in [0.3, 0.4) is 0 Å². The third-order valence-corrected chi connectivity index (χ3v) is 11.2. The van der Waals surface area contributed by atoms with Gasteiger partial charge in [-0.1, -0.05) is 23.2 Å². The first kappa shape index (κ1) is 32.0. The van der Waals surface area contributed by atoms with Gasteiger partial charge in [-0.05, 0) is 23.8 Å². The highest BCUT2D eigenvalue weighted by Gasteiger charge is 2.54. The lowest BCUT2D eigenvalue weighted by atomic mass is 10.0. The summed E-state index contributed by atoms with van der Waals surface area (Å²) in [7, 11) is -4.10. The molecule has 0 spiro atoms. The lowest BCUT2D eigenvalue weighted by molar-refractivity contribution is -0.704. The van der Waals surface area contributed by atoms with Gasteiger partial charge in [0.1, 0.15) is 22.9 Å². The Morgan fingerprint density at radius 1 is 1.17 bits per heavy atom. The Morgan fingerprint density at radius 3 is 2.49 bits per heavy atom. The molecule has 2 amide bonds. The van der Waals surface area contributed by atoms with E-state index in [-0.39, 0.29) is 23.9 Å². The molecule has 3 heterocycles. The topological polar surface area (TPSA) is 145 Å². The van der Waals surface area contributed by atoms with Gasteiger partial charge in [-0.15, -0.1) is 35.3 Å². The number of nitrogens with one attached hydrogen (secondary N) is 1. The predicted octanol–water partition coefficient (Wildman–Crippen LogP) is 3.41. The molecule has 2 aliphatic heterocycles. The van der Waals surface area contributed by atoms with Crippen molar-refractivity contribution >= 4 is 86.4 Å². The van der Waals surface area contributed by atoms with Crippen LogP contribution in [0.15, 0.2) is 51.4 Å². The number of nitrogens with zero attached hydrogens (tertiary/aromatic N) is 2. The largest absolute Gasteiger partial charge is 0.477 e. The Labute approximate surface area is 260 Å². The highest BCUT2D eigenvalue weighted by molar-refractivity contribution is 8.01. The first-order chi connectivity index (χ1) is 19.2. The van der Waals surface area contributed by atoms with E-state index in [2.05, 4.69) is 5.32 Å². The number of halogens is 2. The van der Waals surface area contributed by atoms with Crippen LogP contribution in [0.5, 0.6) is 0 Å². The highest BCUT2D eigenvalue weighted by atomic mass is 35.5. The van der Waals surface area contributed by atoms with E-state index in [9.17, 15) is 27.9 Å². The molecule has 3 N–H and O–H groups in total. The van der Waals surface area contributed by atoms with Crippen LogP contribution in [0.4, 0.5) is 0 Å². The third kappa shape index (κ3) is 7.72. The van der Waals surface area contributed by atoms with E-state index in [0.29, 0.717) is 32.0 Å². The number of carbonyl (C=O) groups excluding carboxylic acids is 2. The van der Waals surface area contributed by atoms with Gasteiger partial charge in [0, 0.05) is 52.3 Å². The molecule has 0 saturated carbocycles. The van der Waals surface area contributed by atoms with Crippen LogP contribution in [0.2, 0.25) is 10.0 Å². The van der Waals surface area contributed by atoms with Crippen LogP contribution in [-0.4, -0.2) is 75.2 Å². The second-order valence-corrected chi connectivity index (χ2v) is 14.9. The number of fused-ring (bicyclic) bond motifs is 1. The second kappa shape index (κ2) is 13.1. The molecule has 0 radical (unpaired) electrons. The maximum Gasteiger partial charge on any atom is 0.352 e. The Kier molecular flexibility index (Phi) is 10.3. The van der Waals surface area contributed by atoms with Crippen molar-refractivity contribution in [3.63, 3.8) is 0 Å². The monoisotopic (exact) mass is 678 g/mol. The van der Waals surface area contributed by atoms with E-state index in [1.54, 1.807) is 22.8 Å². The van der Waals surface area contributed by atoms with Gasteiger partial charge in [0.15, 0.2) is 17.9 Å². The minimum atomic E-state index is -4.10. The SMILES string of the molecule is Cc1cc(SCC2=C(C(=O)O)N3C(=O)[C@H](NC(=O)CSc4cc(Cl)ccc4Cl)[C@H]3SC2)cc(C)[n+]1CCS(=O)(=O)O.